The molecular formula is C13H12Cl3N3O3S. The fraction of sp³-hybridized carbons (Fsp3) is 0.231. The van der Waals surface area contributed by atoms with Crippen LogP contribution in [0.4, 0.5) is 0 Å². The van der Waals surface area contributed by atoms with Crippen LogP contribution in [-0.2, 0) is 16.6 Å². The number of amides is 1. The molecule has 0 saturated heterocycles. The zero-order valence-electron chi connectivity index (χ0n) is 12.1. The fourth-order valence-corrected chi connectivity index (χ4v) is 3.17. The van der Waals surface area contributed by atoms with E-state index in [4.69, 9.17) is 34.8 Å². The first kappa shape index (κ1) is 18.1. The van der Waals surface area contributed by atoms with E-state index in [1.54, 1.807) is 25.1 Å². The summed E-state index contributed by atoms with van der Waals surface area (Å²) < 4.78 is 25.6. The van der Waals surface area contributed by atoms with Gasteiger partial charge in [0.2, 0.25) is 10.0 Å². The molecule has 1 amide bonds. The molecule has 1 aromatic carbocycles. The van der Waals surface area contributed by atoms with Crippen LogP contribution in [0.1, 0.15) is 21.6 Å². The van der Waals surface area contributed by atoms with Crippen molar-refractivity contribution in [3.05, 3.63) is 50.2 Å². The average Bonchev–Trinajstić information content (AvgIpc) is 2.65. The van der Waals surface area contributed by atoms with Crippen LogP contribution in [0.15, 0.2) is 18.2 Å². The molecule has 0 radical (unpaired) electrons. The molecule has 1 heterocycles. The molecule has 6 nitrogen and oxygen atoms in total. The smallest absolute Gasteiger partial charge is 0.268 e. The van der Waals surface area contributed by atoms with E-state index in [0.717, 1.165) is 6.26 Å². The lowest BCUT2D eigenvalue weighted by Crippen LogP contribution is -2.29. The van der Waals surface area contributed by atoms with Crippen molar-refractivity contribution in [1.82, 2.24) is 14.5 Å². The molecule has 124 valence electrons. The number of aryl methyl sites for hydroxylation is 1. The standard InChI is InChI=1S/C13H12Cl3N3O3S/c1-7-11(13(20)18-23(2,21)22)12(16)19(17-7)6-8-3-4-9(14)5-10(8)15/h3-5H,6H2,1-2H3,(H,18,20). The number of nitrogens with one attached hydrogen (secondary N) is 1. The minimum absolute atomic E-state index is 0.00202. The van der Waals surface area contributed by atoms with Crippen LogP contribution in [0.3, 0.4) is 0 Å². The summed E-state index contributed by atoms with van der Waals surface area (Å²) in [7, 11) is -3.70. The van der Waals surface area contributed by atoms with Gasteiger partial charge in [-0.3, -0.25) is 4.79 Å². The predicted octanol–water partition coefficient (Wildman–Crippen LogP) is 2.89. The maximum atomic E-state index is 12.0. The molecule has 0 aliphatic carbocycles. The van der Waals surface area contributed by atoms with E-state index in [0.29, 0.717) is 21.3 Å². The Labute approximate surface area is 148 Å². The van der Waals surface area contributed by atoms with Crippen LogP contribution in [-0.4, -0.2) is 30.4 Å². The van der Waals surface area contributed by atoms with Crippen molar-refractivity contribution in [2.45, 2.75) is 13.5 Å². The summed E-state index contributed by atoms with van der Waals surface area (Å²) in [5.74, 6) is -0.830. The van der Waals surface area contributed by atoms with E-state index >= 15 is 0 Å². The Balaban J connectivity index is 2.36. The maximum Gasteiger partial charge on any atom is 0.269 e. The number of sulfonamides is 1. The molecule has 1 aromatic heterocycles. The van der Waals surface area contributed by atoms with Gasteiger partial charge in [0.1, 0.15) is 10.7 Å². The summed E-state index contributed by atoms with van der Waals surface area (Å²) in [6, 6.07) is 4.97. The minimum atomic E-state index is -3.70. The second-order valence-electron chi connectivity index (χ2n) is 4.85. The normalized spacial score (nSPS) is 11.5. The van der Waals surface area contributed by atoms with Crippen LogP contribution < -0.4 is 4.72 Å². The van der Waals surface area contributed by atoms with Crippen molar-refractivity contribution in [3.63, 3.8) is 0 Å². The van der Waals surface area contributed by atoms with Gasteiger partial charge < -0.3 is 0 Å². The van der Waals surface area contributed by atoms with Gasteiger partial charge in [0.15, 0.2) is 0 Å². The number of halogens is 3. The maximum absolute atomic E-state index is 12.0. The number of carbonyl (C=O) groups is 1. The van der Waals surface area contributed by atoms with Crippen molar-refractivity contribution >= 4 is 50.7 Å². The Bertz CT molecular complexity index is 878. The number of aromatic nitrogens is 2. The van der Waals surface area contributed by atoms with Crippen molar-refractivity contribution < 1.29 is 13.2 Å². The molecule has 0 spiro atoms. The first-order valence-electron chi connectivity index (χ1n) is 6.27. The Kier molecular flexibility index (Phi) is 5.25. The van der Waals surface area contributed by atoms with Gasteiger partial charge in [-0.1, -0.05) is 40.9 Å². The quantitative estimate of drug-likeness (QED) is 0.861. The zero-order valence-corrected chi connectivity index (χ0v) is 15.2. The predicted molar refractivity (Wildman–Crippen MR) is 89.8 cm³/mol. The SMILES string of the molecule is Cc1nn(Cc2ccc(Cl)cc2Cl)c(Cl)c1C(=O)NS(C)(=O)=O. The fourth-order valence-electron chi connectivity index (χ4n) is 1.95. The van der Waals surface area contributed by atoms with E-state index in [-0.39, 0.29) is 17.3 Å². The largest absolute Gasteiger partial charge is 0.269 e. The number of nitrogens with zero attached hydrogens (tertiary/aromatic N) is 2. The molecule has 0 bridgehead atoms. The molecule has 0 fully saturated rings. The van der Waals surface area contributed by atoms with Crippen molar-refractivity contribution in [3.8, 4) is 0 Å². The van der Waals surface area contributed by atoms with Gasteiger partial charge in [-0.2, -0.15) is 5.10 Å². The van der Waals surface area contributed by atoms with Crippen LogP contribution in [0, 0.1) is 6.92 Å². The molecular weight excluding hydrogens is 385 g/mol. The summed E-state index contributed by atoms with van der Waals surface area (Å²) in [4.78, 5) is 12.0. The van der Waals surface area contributed by atoms with Gasteiger partial charge in [-0.05, 0) is 24.6 Å². The molecule has 0 atom stereocenters. The number of hydrogen-bond acceptors (Lipinski definition) is 4. The summed E-state index contributed by atoms with van der Waals surface area (Å²) in [6.07, 6.45) is 0.881. The summed E-state index contributed by atoms with van der Waals surface area (Å²) in [6.45, 7) is 1.77. The highest BCUT2D eigenvalue weighted by Crippen LogP contribution is 2.25. The Hall–Kier alpha value is -1.28. The average molecular weight is 397 g/mol. The van der Waals surface area contributed by atoms with E-state index in [1.165, 1.54) is 4.68 Å². The van der Waals surface area contributed by atoms with Crippen molar-refractivity contribution in [2.24, 2.45) is 0 Å². The van der Waals surface area contributed by atoms with Gasteiger partial charge in [-0.15, -0.1) is 0 Å². The second kappa shape index (κ2) is 6.68. The highest BCUT2D eigenvalue weighted by atomic mass is 35.5. The molecule has 0 aliphatic heterocycles. The second-order valence-corrected chi connectivity index (χ2v) is 7.80. The Morgan fingerprint density at radius 3 is 2.52 bits per heavy atom. The molecule has 0 unspecified atom stereocenters. The van der Waals surface area contributed by atoms with E-state index in [1.807, 2.05) is 4.72 Å². The van der Waals surface area contributed by atoms with Crippen LogP contribution in [0.2, 0.25) is 15.2 Å². The Morgan fingerprint density at radius 1 is 1.30 bits per heavy atom. The lowest BCUT2D eigenvalue weighted by Gasteiger charge is -2.07. The van der Waals surface area contributed by atoms with Gasteiger partial charge in [0.05, 0.1) is 18.5 Å². The van der Waals surface area contributed by atoms with Gasteiger partial charge in [0.25, 0.3) is 5.91 Å². The van der Waals surface area contributed by atoms with Gasteiger partial charge >= 0.3 is 0 Å². The highest BCUT2D eigenvalue weighted by Gasteiger charge is 2.22. The van der Waals surface area contributed by atoms with Crippen LogP contribution in [0.25, 0.3) is 0 Å². The Morgan fingerprint density at radius 2 is 1.96 bits per heavy atom. The van der Waals surface area contributed by atoms with E-state index in [9.17, 15) is 13.2 Å². The number of benzene rings is 1. The number of rotatable bonds is 4. The van der Waals surface area contributed by atoms with Crippen LogP contribution in [0.5, 0.6) is 0 Å². The monoisotopic (exact) mass is 395 g/mol. The molecule has 2 rings (SSSR count). The third-order valence-corrected chi connectivity index (χ3v) is 4.43. The zero-order chi connectivity index (χ0) is 17.4. The van der Waals surface area contributed by atoms with E-state index < -0.39 is 15.9 Å². The first-order chi connectivity index (χ1) is 10.6. The van der Waals surface area contributed by atoms with Crippen LogP contribution >= 0.6 is 34.8 Å². The highest BCUT2D eigenvalue weighted by molar-refractivity contribution is 7.89. The minimum Gasteiger partial charge on any atom is -0.268 e. The van der Waals surface area contributed by atoms with Gasteiger partial charge in [0, 0.05) is 10.0 Å². The number of hydrogen-bond donors (Lipinski definition) is 1. The topological polar surface area (TPSA) is 81.1 Å². The van der Waals surface area contributed by atoms with Gasteiger partial charge in [-0.25, -0.2) is 17.8 Å². The summed E-state index contributed by atoms with van der Waals surface area (Å²) in [5.41, 5.74) is 1.01. The van der Waals surface area contributed by atoms with Crippen molar-refractivity contribution in [2.75, 3.05) is 6.26 Å². The van der Waals surface area contributed by atoms with Crippen molar-refractivity contribution in [1.29, 1.82) is 0 Å². The molecule has 10 heteroatoms. The summed E-state index contributed by atoms with van der Waals surface area (Å²) >= 11 is 18.1. The molecule has 0 aliphatic rings. The molecule has 2 aromatic rings. The first-order valence-corrected chi connectivity index (χ1v) is 9.30. The van der Waals surface area contributed by atoms with E-state index in [2.05, 4.69) is 5.10 Å². The third kappa shape index (κ3) is 4.38. The molecule has 1 N–H and O–H groups in total. The third-order valence-electron chi connectivity index (χ3n) is 2.91. The number of carbonyl (C=O) groups excluding carboxylic acids is 1. The lowest BCUT2D eigenvalue weighted by atomic mass is 10.2. The molecule has 0 saturated carbocycles. The summed E-state index contributed by atoms with van der Waals surface area (Å²) in [5, 5.41) is 5.11. The molecule has 23 heavy (non-hydrogen) atoms. The lowest BCUT2D eigenvalue weighted by molar-refractivity contribution is 0.0981.